The van der Waals surface area contributed by atoms with E-state index >= 15 is 0 Å². The Morgan fingerprint density at radius 1 is 0.868 bits per heavy atom. The Morgan fingerprint density at radius 2 is 1.61 bits per heavy atom. The predicted octanol–water partition coefficient (Wildman–Crippen LogP) is 7.16. The molecule has 7 heteroatoms. The van der Waals surface area contributed by atoms with E-state index in [1.807, 2.05) is 91.9 Å². The average Bonchev–Trinajstić information content (AvgIpc) is 3.36. The maximum absolute atomic E-state index is 13.4. The summed E-state index contributed by atoms with van der Waals surface area (Å²) >= 11 is 1.58. The number of para-hydroxylation sites is 2. The number of thiazole rings is 1. The molecule has 6 rings (SSSR count). The molecule has 0 aliphatic rings. The summed E-state index contributed by atoms with van der Waals surface area (Å²) in [6, 6.07) is 28.7. The van der Waals surface area contributed by atoms with Gasteiger partial charge in [-0.25, -0.2) is 9.78 Å². The third-order valence-corrected chi connectivity index (χ3v) is 7.47. The second kappa shape index (κ2) is 9.68. The third-order valence-electron chi connectivity index (χ3n) is 6.40. The quantitative estimate of drug-likeness (QED) is 0.246. The van der Waals surface area contributed by atoms with Crippen LogP contribution < -0.4 is 5.32 Å². The number of aryl methyl sites for hydroxylation is 1. The van der Waals surface area contributed by atoms with Crippen LogP contribution in [0, 0.1) is 6.92 Å². The zero-order chi connectivity index (χ0) is 26.2. The number of fused-ring (bicyclic) bond motifs is 3. The van der Waals surface area contributed by atoms with Crippen LogP contribution in [0.4, 0.5) is 5.69 Å². The lowest BCUT2D eigenvalue weighted by Gasteiger charge is -2.16. The molecular formula is C31H23N3O3S. The first-order valence-electron chi connectivity index (χ1n) is 12.2. The van der Waals surface area contributed by atoms with Gasteiger partial charge in [0.05, 0.1) is 27.0 Å². The second-order valence-electron chi connectivity index (χ2n) is 9.06. The summed E-state index contributed by atoms with van der Waals surface area (Å²) in [5.41, 5.74) is 4.35. The molecule has 0 fully saturated rings. The van der Waals surface area contributed by atoms with Crippen LogP contribution in [-0.2, 0) is 9.53 Å². The van der Waals surface area contributed by atoms with Crippen LogP contribution in [0.5, 0.6) is 0 Å². The van der Waals surface area contributed by atoms with Gasteiger partial charge in [-0.3, -0.25) is 9.78 Å². The van der Waals surface area contributed by atoms with Gasteiger partial charge in [0.25, 0.3) is 5.91 Å². The predicted molar refractivity (Wildman–Crippen MR) is 153 cm³/mol. The summed E-state index contributed by atoms with van der Waals surface area (Å²) in [6.07, 6.45) is -1.01. The maximum atomic E-state index is 13.4. The molecule has 1 N–H and O–H groups in total. The Labute approximate surface area is 222 Å². The number of nitrogens with zero attached hydrogens (tertiary/aromatic N) is 2. The van der Waals surface area contributed by atoms with Crippen molar-refractivity contribution in [1.82, 2.24) is 9.97 Å². The minimum atomic E-state index is -1.01. The topological polar surface area (TPSA) is 81.2 Å². The number of carbonyl (C=O) groups is 2. The lowest BCUT2D eigenvalue weighted by atomic mass is 9.99. The molecule has 0 saturated carbocycles. The van der Waals surface area contributed by atoms with E-state index in [2.05, 4.69) is 10.3 Å². The van der Waals surface area contributed by atoms with Crippen LogP contribution in [0.25, 0.3) is 42.5 Å². The summed E-state index contributed by atoms with van der Waals surface area (Å²) in [6.45, 7) is 3.44. The minimum absolute atomic E-state index is 0.391. The van der Waals surface area contributed by atoms with E-state index in [9.17, 15) is 9.59 Å². The third kappa shape index (κ3) is 4.37. The zero-order valence-electron chi connectivity index (χ0n) is 20.8. The molecule has 186 valence electrons. The normalized spacial score (nSPS) is 12.1. The molecule has 4 aromatic carbocycles. The molecule has 2 heterocycles. The molecule has 2 aromatic heterocycles. The molecule has 1 amide bonds. The van der Waals surface area contributed by atoms with Crippen LogP contribution >= 0.6 is 11.3 Å². The highest BCUT2D eigenvalue weighted by Gasteiger charge is 2.23. The summed E-state index contributed by atoms with van der Waals surface area (Å²) < 4.78 is 6.76. The Bertz CT molecular complexity index is 1820. The molecule has 0 radical (unpaired) electrons. The van der Waals surface area contributed by atoms with Gasteiger partial charge in [-0.15, -0.1) is 11.3 Å². The highest BCUT2D eigenvalue weighted by Crippen LogP contribution is 2.36. The summed E-state index contributed by atoms with van der Waals surface area (Å²) in [4.78, 5) is 35.8. The van der Waals surface area contributed by atoms with Gasteiger partial charge in [0.2, 0.25) is 0 Å². The van der Waals surface area contributed by atoms with E-state index in [4.69, 9.17) is 9.72 Å². The summed E-state index contributed by atoms with van der Waals surface area (Å²) in [5.74, 6) is -0.983. The molecule has 0 bridgehead atoms. The largest absolute Gasteiger partial charge is 0.449 e. The van der Waals surface area contributed by atoms with Crippen molar-refractivity contribution >= 4 is 60.8 Å². The van der Waals surface area contributed by atoms with Gasteiger partial charge >= 0.3 is 5.97 Å². The number of ether oxygens (including phenoxy) is 1. The minimum Gasteiger partial charge on any atom is -0.449 e. The van der Waals surface area contributed by atoms with E-state index in [-0.39, 0.29) is 0 Å². The second-order valence-corrected chi connectivity index (χ2v) is 10.1. The van der Waals surface area contributed by atoms with Crippen LogP contribution in [0.15, 0.2) is 91.0 Å². The van der Waals surface area contributed by atoms with Crippen molar-refractivity contribution in [2.24, 2.45) is 0 Å². The number of rotatable bonds is 5. The van der Waals surface area contributed by atoms with Crippen molar-refractivity contribution in [3.8, 4) is 10.6 Å². The lowest BCUT2D eigenvalue weighted by molar-refractivity contribution is -0.123. The number of esters is 1. The number of aromatic nitrogens is 2. The number of anilines is 1. The summed E-state index contributed by atoms with van der Waals surface area (Å²) in [5, 5.41) is 6.20. The SMILES string of the molecule is Cc1cc(NC(=O)C(C)OC(=O)c2cccc3cccc(-c4nc5ccccc5s4)c23)c2ccccc2n1. The van der Waals surface area contributed by atoms with E-state index in [0.717, 1.165) is 48.2 Å². The van der Waals surface area contributed by atoms with Gasteiger partial charge in [0.1, 0.15) is 5.01 Å². The van der Waals surface area contributed by atoms with Gasteiger partial charge < -0.3 is 10.1 Å². The molecular weight excluding hydrogens is 494 g/mol. The number of nitrogens with one attached hydrogen (secondary N) is 1. The molecule has 0 spiro atoms. The van der Waals surface area contributed by atoms with Crippen molar-refractivity contribution in [2.45, 2.75) is 20.0 Å². The molecule has 6 nitrogen and oxygen atoms in total. The average molecular weight is 518 g/mol. The Hall–Kier alpha value is -4.62. The van der Waals surface area contributed by atoms with E-state index < -0.39 is 18.0 Å². The smallest absolute Gasteiger partial charge is 0.339 e. The van der Waals surface area contributed by atoms with Crippen LogP contribution in [0.3, 0.4) is 0 Å². The van der Waals surface area contributed by atoms with Crippen molar-refractivity contribution in [3.63, 3.8) is 0 Å². The molecule has 1 atom stereocenters. The fraction of sp³-hybridized carbons (Fsp3) is 0.0968. The highest BCUT2D eigenvalue weighted by molar-refractivity contribution is 7.21. The number of carbonyl (C=O) groups excluding carboxylic acids is 2. The number of benzene rings is 4. The zero-order valence-corrected chi connectivity index (χ0v) is 21.6. The Balaban J connectivity index is 1.30. The fourth-order valence-electron chi connectivity index (χ4n) is 4.60. The Morgan fingerprint density at radius 3 is 2.42 bits per heavy atom. The number of amides is 1. The van der Waals surface area contributed by atoms with Gasteiger partial charge in [-0.05, 0) is 49.6 Å². The van der Waals surface area contributed by atoms with Crippen LogP contribution in [0.1, 0.15) is 23.0 Å². The van der Waals surface area contributed by atoms with Crippen molar-refractivity contribution in [2.75, 3.05) is 5.32 Å². The number of pyridine rings is 1. The van der Waals surface area contributed by atoms with Crippen molar-refractivity contribution in [1.29, 1.82) is 0 Å². The monoisotopic (exact) mass is 517 g/mol. The Kier molecular flexibility index (Phi) is 6.05. The van der Waals surface area contributed by atoms with Gasteiger partial charge in [-0.1, -0.05) is 60.7 Å². The molecule has 38 heavy (non-hydrogen) atoms. The fourth-order valence-corrected chi connectivity index (χ4v) is 5.60. The molecule has 0 aliphatic carbocycles. The standard InChI is InChI=1S/C31H23N3O3S/c1-18-17-26(21-11-3-4-14-24(21)32-18)33-29(35)19(2)37-31(36)23-13-8-10-20-9-7-12-22(28(20)23)30-34-25-15-5-6-16-27(25)38-30/h3-17,19H,1-2H3,(H,32,33,35). The van der Waals surface area contributed by atoms with E-state index in [0.29, 0.717) is 11.3 Å². The van der Waals surface area contributed by atoms with Crippen molar-refractivity contribution < 1.29 is 14.3 Å². The highest BCUT2D eigenvalue weighted by atomic mass is 32.1. The first kappa shape index (κ1) is 23.8. The van der Waals surface area contributed by atoms with E-state index in [1.165, 1.54) is 0 Å². The number of hydrogen-bond acceptors (Lipinski definition) is 6. The van der Waals surface area contributed by atoms with Crippen molar-refractivity contribution in [3.05, 3.63) is 102 Å². The first-order valence-corrected chi connectivity index (χ1v) is 13.1. The number of hydrogen-bond donors (Lipinski definition) is 1. The molecule has 1 unspecified atom stereocenters. The van der Waals surface area contributed by atoms with Crippen LogP contribution in [-0.4, -0.2) is 27.9 Å². The molecule has 6 aromatic rings. The van der Waals surface area contributed by atoms with Gasteiger partial charge in [-0.2, -0.15) is 0 Å². The summed E-state index contributed by atoms with van der Waals surface area (Å²) in [7, 11) is 0. The van der Waals surface area contributed by atoms with E-state index in [1.54, 1.807) is 24.3 Å². The van der Waals surface area contributed by atoms with Crippen LogP contribution in [0.2, 0.25) is 0 Å². The maximum Gasteiger partial charge on any atom is 0.339 e. The lowest BCUT2D eigenvalue weighted by Crippen LogP contribution is -2.30. The van der Waals surface area contributed by atoms with Gasteiger partial charge in [0.15, 0.2) is 6.10 Å². The van der Waals surface area contributed by atoms with Gasteiger partial charge in [0, 0.05) is 22.0 Å². The first-order chi connectivity index (χ1) is 18.5. The molecule has 0 aliphatic heterocycles. The molecule has 0 saturated heterocycles.